The lowest BCUT2D eigenvalue weighted by Gasteiger charge is -2.27. The van der Waals surface area contributed by atoms with Crippen LogP contribution in [-0.2, 0) is 0 Å². The van der Waals surface area contributed by atoms with E-state index in [0.717, 1.165) is 30.3 Å². The highest BCUT2D eigenvalue weighted by Gasteiger charge is 2.32. The van der Waals surface area contributed by atoms with Crippen LogP contribution in [0.4, 0.5) is 30.2 Å². The number of nitrogens with two attached hydrogens (primary N) is 1. The van der Waals surface area contributed by atoms with Gasteiger partial charge in [-0.2, -0.15) is 14.2 Å². The molecule has 1 saturated heterocycles. The summed E-state index contributed by atoms with van der Waals surface area (Å²) < 4.78 is 43.8. The number of hydrogen-bond donors (Lipinski definition) is 4. The molecule has 0 bridgehead atoms. The third kappa shape index (κ3) is 5.25. The Kier molecular flexibility index (Phi) is 7.53. The van der Waals surface area contributed by atoms with E-state index < -0.39 is 34.8 Å². The van der Waals surface area contributed by atoms with Gasteiger partial charge < -0.3 is 21.3 Å². The Hall–Kier alpha value is -4.19. The molecule has 1 fully saturated rings. The third-order valence-electron chi connectivity index (χ3n) is 6.26. The number of rotatable bonds is 7. The summed E-state index contributed by atoms with van der Waals surface area (Å²) in [6.07, 6.45) is 0. The Morgan fingerprint density at radius 2 is 1.74 bits per heavy atom. The van der Waals surface area contributed by atoms with E-state index in [1.54, 1.807) is 12.1 Å². The second kappa shape index (κ2) is 10.7. The summed E-state index contributed by atoms with van der Waals surface area (Å²) in [6.45, 7) is 6.52. The summed E-state index contributed by atoms with van der Waals surface area (Å²) in [5, 5.41) is 17.5. The third-order valence-corrected chi connectivity index (χ3v) is 6.26. The van der Waals surface area contributed by atoms with Crippen molar-refractivity contribution in [3.63, 3.8) is 0 Å². The molecule has 2 atom stereocenters. The van der Waals surface area contributed by atoms with Crippen molar-refractivity contribution in [1.29, 1.82) is 5.41 Å². The van der Waals surface area contributed by atoms with Crippen LogP contribution < -0.4 is 26.8 Å². The number of nitrogens with one attached hydrogen (secondary N) is 3. The van der Waals surface area contributed by atoms with Crippen LogP contribution in [0.3, 0.4) is 0 Å². The van der Waals surface area contributed by atoms with E-state index in [9.17, 15) is 22.8 Å². The van der Waals surface area contributed by atoms with E-state index in [0.29, 0.717) is 23.5 Å². The molecule has 0 radical (unpaired) electrons. The van der Waals surface area contributed by atoms with Crippen LogP contribution in [0.1, 0.15) is 36.8 Å². The summed E-state index contributed by atoms with van der Waals surface area (Å²) in [5.41, 5.74) is 5.11. The van der Waals surface area contributed by atoms with E-state index in [2.05, 4.69) is 15.7 Å². The average molecular weight is 528 g/mol. The molecule has 2 heterocycles. The molecule has 1 aromatic heterocycles. The number of amides is 1. The molecule has 5 N–H and O–H groups in total. The van der Waals surface area contributed by atoms with Gasteiger partial charge in [-0.25, -0.2) is 8.78 Å². The van der Waals surface area contributed by atoms with Crippen LogP contribution in [0.5, 0.6) is 0 Å². The van der Waals surface area contributed by atoms with Crippen molar-refractivity contribution in [3.8, 4) is 5.69 Å². The average Bonchev–Trinajstić information content (AvgIpc) is 3.17. The molecule has 4 rings (SSSR count). The molecular formula is C26H28F3N7O2. The lowest BCUT2D eigenvalue weighted by Crippen LogP contribution is -2.30. The van der Waals surface area contributed by atoms with Crippen molar-refractivity contribution < 1.29 is 18.0 Å². The van der Waals surface area contributed by atoms with Gasteiger partial charge in [0, 0.05) is 36.9 Å². The molecule has 0 spiro atoms. The Morgan fingerprint density at radius 3 is 2.32 bits per heavy atom. The number of carbonyl (C=O) groups is 1. The molecule has 38 heavy (non-hydrogen) atoms. The monoisotopic (exact) mass is 527 g/mol. The van der Waals surface area contributed by atoms with Crippen molar-refractivity contribution in [2.75, 3.05) is 28.6 Å². The first kappa shape index (κ1) is 26.9. The molecule has 0 saturated carbocycles. The van der Waals surface area contributed by atoms with Crippen LogP contribution in [0.2, 0.25) is 0 Å². The first-order valence-electron chi connectivity index (χ1n) is 12.0. The zero-order chi connectivity index (χ0) is 27.7. The number of halogens is 3. The van der Waals surface area contributed by atoms with Crippen molar-refractivity contribution >= 4 is 28.9 Å². The topological polar surface area (TPSA) is 129 Å². The molecule has 1 aliphatic rings. The van der Waals surface area contributed by atoms with Gasteiger partial charge in [0.15, 0.2) is 11.6 Å². The Bertz CT molecular complexity index is 1430. The van der Waals surface area contributed by atoms with E-state index in [1.807, 2.05) is 25.7 Å². The van der Waals surface area contributed by atoms with Crippen LogP contribution >= 0.6 is 0 Å². The van der Waals surface area contributed by atoms with E-state index >= 15 is 0 Å². The molecule has 9 nitrogen and oxygen atoms in total. The normalized spacial score (nSPS) is 17.1. The molecule has 12 heteroatoms. The second-order valence-corrected chi connectivity index (χ2v) is 9.54. The first-order valence-corrected chi connectivity index (χ1v) is 12.0. The van der Waals surface area contributed by atoms with Crippen LogP contribution in [0.25, 0.3) is 5.69 Å². The van der Waals surface area contributed by atoms with E-state index in [1.165, 1.54) is 0 Å². The van der Waals surface area contributed by atoms with E-state index in [-0.39, 0.29) is 40.6 Å². The van der Waals surface area contributed by atoms with Gasteiger partial charge in [0.05, 0.1) is 16.9 Å². The van der Waals surface area contributed by atoms with Gasteiger partial charge in [-0.15, -0.1) is 0 Å². The van der Waals surface area contributed by atoms with E-state index in [4.69, 9.17) is 11.1 Å². The minimum absolute atomic E-state index is 0.0378. The van der Waals surface area contributed by atoms with Gasteiger partial charge in [-0.1, -0.05) is 13.0 Å². The number of anilines is 3. The standard InChI is InChI=1S/C26H28F3N7O2/c1-13(2)32-18-7-8-19(24(22(18)25(29)31)35-11-14(3)17(30)12-35)33-26(38)20-9-10-21(37)36(34-20)23-15(27)5-4-6-16(23)28/h4-10,13-14,17,31-32H,11-12,30H2,1-3H3,(H,33,38)/t14-,17+/m1/s1. The summed E-state index contributed by atoms with van der Waals surface area (Å²) >= 11 is 0. The second-order valence-electron chi connectivity index (χ2n) is 9.54. The van der Waals surface area contributed by atoms with Crippen molar-refractivity contribution in [2.45, 2.75) is 32.9 Å². The first-order chi connectivity index (χ1) is 18.0. The fraction of sp³-hybridized carbons (Fsp3) is 0.308. The highest BCUT2D eigenvalue weighted by atomic mass is 19.1. The maximum atomic E-state index is 14.7. The molecular weight excluding hydrogens is 499 g/mol. The van der Waals surface area contributed by atoms with Crippen LogP contribution in [0.15, 0.2) is 47.3 Å². The summed E-state index contributed by atoms with van der Waals surface area (Å²) in [7, 11) is 0. The lowest BCUT2D eigenvalue weighted by molar-refractivity contribution is 0.102. The smallest absolute Gasteiger partial charge is 0.276 e. The molecule has 1 amide bonds. The number of aromatic nitrogens is 2. The quantitative estimate of drug-likeness (QED) is 0.347. The minimum atomic E-state index is -1.20. The highest BCUT2D eigenvalue weighted by Crippen LogP contribution is 2.39. The molecule has 1 aliphatic heterocycles. The molecule has 2 aromatic carbocycles. The number of carbonyl (C=O) groups excluding carboxylic acids is 1. The summed E-state index contributed by atoms with van der Waals surface area (Å²) in [5.74, 6) is -4.00. The summed E-state index contributed by atoms with van der Waals surface area (Å²) in [6, 6.07) is 7.99. The number of nitrogens with zero attached hydrogens (tertiary/aromatic N) is 3. The Morgan fingerprint density at radius 1 is 1.08 bits per heavy atom. The lowest BCUT2D eigenvalue weighted by atomic mass is 10.1. The van der Waals surface area contributed by atoms with Gasteiger partial charge in [0.1, 0.15) is 11.4 Å². The Balaban J connectivity index is 1.78. The molecule has 200 valence electrons. The Labute approximate surface area is 217 Å². The van der Waals surface area contributed by atoms with Crippen molar-refractivity contribution in [1.82, 2.24) is 9.78 Å². The zero-order valence-corrected chi connectivity index (χ0v) is 21.1. The maximum Gasteiger partial charge on any atom is 0.276 e. The minimum Gasteiger partial charge on any atom is -0.382 e. The highest BCUT2D eigenvalue weighted by molar-refractivity contribution is 6.10. The fourth-order valence-corrected chi connectivity index (χ4v) is 4.42. The van der Waals surface area contributed by atoms with Crippen LogP contribution in [0, 0.1) is 23.0 Å². The van der Waals surface area contributed by atoms with Crippen molar-refractivity contribution in [2.24, 2.45) is 11.7 Å². The summed E-state index contributed by atoms with van der Waals surface area (Å²) in [4.78, 5) is 27.4. The van der Waals surface area contributed by atoms with Gasteiger partial charge in [0.25, 0.3) is 11.5 Å². The van der Waals surface area contributed by atoms with Gasteiger partial charge in [-0.05, 0) is 50.1 Å². The fourth-order valence-electron chi connectivity index (χ4n) is 4.42. The molecule has 3 aromatic rings. The van der Waals surface area contributed by atoms with Gasteiger partial charge in [0.2, 0.25) is 5.97 Å². The molecule has 0 aliphatic carbocycles. The SMILES string of the molecule is CC(C)Nc1ccc(NC(=O)c2ccc(=O)n(-c3c(F)cccc3F)n2)c(N2C[C@@H](C)[C@@H](N)C2)c1C(=N)F. The predicted molar refractivity (Wildman–Crippen MR) is 140 cm³/mol. The number of benzene rings is 2. The van der Waals surface area contributed by atoms with Gasteiger partial charge >= 0.3 is 0 Å². The van der Waals surface area contributed by atoms with Crippen molar-refractivity contribution in [3.05, 3.63) is 75.7 Å². The van der Waals surface area contributed by atoms with Gasteiger partial charge in [-0.3, -0.25) is 15.0 Å². The zero-order valence-electron chi connectivity index (χ0n) is 21.1. The largest absolute Gasteiger partial charge is 0.382 e. The maximum absolute atomic E-state index is 14.7. The molecule has 0 unspecified atom stereocenters. The number of hydrogen-bond acceptors (Lipinski definition) is 7. The number of para-hydroxylation sites is 1. The van der Waals surface area contributed by atoms with Crippen LogP contribution in [-0.4, -0.2) is 46.8 Å². The predicted octanol–water partition coefficient (Wildman–Crippen LogP) is 3.66.